The summed E-state index contributed by atoms with van der Waals surface area (Å²) in [6, 6.07) is 11.2. The highest BCUT2D eigenvalue weighted by atomic mass is 19.4. The van der Waals surface area contributed by atoms with E-state index in [-0.39, 0.29) is 31.2 Å². The van der Waals surface area contributed by atoms with Crippen molar-refractivity contribution in [3.8, 4) is 6.19 Å². The van der Waals surface area contributed by atoms with Crippen molar-refractivity contribution < 1.29 is 27.1 Å². The Labute approximate surface area is 209 Å². The normalized spacial score (nSPS) is 15.6. The zero-order valence-corrected chi connectivity index (χ0v) is 19.4. The second-order valence-electron chi connectivity index (χ2n) is 8.27. The molecule has 1 aromatic heterocycles. The highest BCUT2D eigenvalue weighted by Gasteiger charge is 2.32. The van der Waals surface area contributed by atoms with Gasteiger partial charge in [0.2, 0.25) is 11.7 Å². The Kier molecular flexibility index (Phi) is 7.83. The first-order valence-electron chi connectivity index (χ1n) is 11.3. The molecule has 1 amide bonds. The second-order valence-corrected chi connectivity index (χ2v) is 8.27. The van der Waals surface area contributed by atoms with Crippen LogP contribution in [-0.4, -0.2) is 35.6 Å². The fraction of sp³-hybridized carbons (Fsp3) is 0.280. The number of hydrogen-bond donors (Lipinski definition) is 2. The number of amides is 1. The van der Waals surface area contributed by atoms with Crippen LogP contribution in [0.5, 0.6) is 0 Å². The molecule has 4 rings (SSSR count). The van der Waals surface area contributed by atoms with Crippen molar-refractivity contribution in [3.63, 3.8) is 0 Å². The fourth-order valence-electron chi connectivity index (χ4n) is 3.96. The van der Waals surface area contributed by atoms with Crippen molar-refractivity contribution in [3.05, 3.63) is 82.9 Å². The summed E-state index contributed by atoms with van der Waals surface area (Å²) in [4.78, 5) is 21.3. The van der Waals surface area contributed by atoms with E-state index in [1.54, 1.807) is 35.4 Å². The number of anilines is 2. The minimum atomic E-state index is -4.45. The van der Waals surface area contributed by atoms with E-state index in [2.05, 4.69) is 20.6 Å². The number of hydrogen-bond acceptors (Lipinski definition) is 7. The fourth-order valence-corrected chi connectivity index (χ4v) is 3.96. The lowest BCUT2D eigenvalue weighted by Gasteiger charge is -2.37. The van der Waals surface area contributed by atoms with E-state index in [9.17, 15) is 18.0 Å². The van der Waals surface area contributed by atoms with Crippen LogP contribution in [0.15, 0.2) is 54.9 Å². The van der Waals surface area contributed by atoms with Crippen LogP contribution in [0.4, 0.5) is 29.2 Å². The first-order chi connectivity index (χ1) is 17.8. The number of nitriles is 1. The third-order valence-electron chi connectivity index (χ3n) is 5.84. The van der Waals surface area contributed by atoms with Crippen molar-refractivity contribution in [2.24, 2.45) is 0 Å². The molecule has 0 radical (unpaired) electrons. The lowest BCUT2D eigenvalue weighted by atomic mass is 10.0. The Morgan fingerprint density at radius 3 is 2.49 bits per heavy atom. The summed E-state index contributed by atoms with van der Waals surface area (Å²) < 4.78 is 59.9. The zero-order chi connectivity index (χ0) is 26.4. The molecule has 2 heterocycles. The number of benzene rings is 2. The standard InChI is InChI=1S/C25H22F4N6O2/c26-22-23(31-12-17-3-1-16(2-4-17)11-21(36)32-14-30)33-15-34-24(22)35-9-10-37-13-20(35)18-5-7-19(8-6-18)25(27,28)29/h1-8,15,20H,9-13H2,(H,32,36)(H,31,33,34). The molecule has 2 N–H and O–H groups in total. The average Bonchev–Trinajstić information content (AvgIpc) is 2.89. The van der Waals surface area contributed by atoms with Gasteiger partial charge >= 0.3 is 6.18 Å². The molecule has 0 spiro atoms. The van der Waals surface area contributed by atoms with Gasteiger partial charge in [0.25, 0.3) is 0 Å². The maximum Gasteiger partial charge on any atom is 0.416 e. The monoisotopic (exact) mass is 514 g/mol. The van der Waals surface area contributed by atoms with Gasteiger partial charge in [0.05, 0.1) is 31.2 Å². The van der Waals surface area contributed by atoms with E-state index in [4.69, 9.17) is 10.00 Å². The number of carbonyl (C=O) groups excluding carboxylic acids is 1. The van der Waals surface area contributed by atoms with Crippen LogP contribution in [0.2, 0.25) is 0 Å². The average molecular weight is 514 g/mol. The molecule has 3 aromatic rings. The van der Waals surface area contributed by atoms with Crippen molar-refractivity contribution in [2.45, 2.75) is 25.2 Å². The Balaban J connectivity index is 1.48. The number of alkyl halides is 3. The third kappa shape index (κ3) is 6.31. The van der Waals surface area contributed by atoms with E-state index in [1.807, 2.05) is 0 Å². The highest BCUT2D eigenvalue weighted by Crippen LogP contribution is 2.34. The molecule has 2 aromatic carbocycles. The van der Waals surface area contributed by atoms with E-state index in [0.717, 1.165) is 17.7 Å². The quantitative estimate of drug-likeness (QED) is 0.280. The number of nitrogens with zero attached hydrogens (tertiary/aromatic N) is 4. The molecule has 0 bridgehead atoms. The SMILES string of the molecule is N#CNC(=O)Cc1ccc(CNc2ncnc(N3CCOCC3c3ccc(C(F)(F)F)cc3)c2F)cc1. The van der Waals surface area contributed by atoms with Crippen molar-refractivity contribution in [1.82, 2.24) is 15.3 Å². The number of aromatic nitrogens is 2. The molecule has 192 valence electrons. The van der Waals surface area contributed by atoms with Gasteiger partial charge in [-0.25, -0.2) is 9.97 Å². The third-order valence-corrected chi connectivity index (χ3v) is 5.84. The van der Waals surface area contributed by atoms with Crippen LogP contribution >= 0.6 is 0 Å². The summed E-state index contributed by atoms with van der Waals surface area (Å²) in [6.07, 6.45) is -1.59. The Hall–Kier alpha value is -4.24. The van der Waals surface area contributed by atoms with Crippen LogP contribution < -0.4 is 15.5 Å². The van der Waals surface area contributed by atoms with Crippen LogP contribution in [0.3, 0.4) is 0 Å². The number of rotatable bonds is 7. The predicted molar refractivity (Wildman–Crippen MR) is 126 cm³/mol. The van der Waals surface area contributed by atoms with Crippen molar-refractivity contribution >= 4 is 17.5 Å². The van der Waals surface area contributed by atoms with Gasteiger partial charge in [-0.15, -0.1) is 0 Å². The minimum Gasteiger partial charge on any atom is -0.377 e. The summed E-state index contributed by atoms with van der Waals surface area (Å²) in [6.45, 7) is 1.00. The molecule has 12 heteroatoms. The number of halogens is 4. The second kappa shape index (κ2) is 11.2. The lowest BCUT2D eigenvalue weighted by Crippen LogP contribution is -2.40. The largest absolute Gasteiger partial charge is 0.416 e. The summed E-state index contributed by atoms with van der Waals surface area (Å²) in [7, 11) is 0. The van der Waals surface area contributed by atoms with Crippen molar-refractivity contribution in [2.75, 3.05) is 30.0 Å². The molecule has 1 unspecified atom stereocenters. The van der Waals surface area contributed by atoms with Gasteiger partial charge in [0.1, 0.15) is 6.33 Å². The zero-order valence-electron chi connectivity index (χ0n) is 19.4. The number of morpholine rings is 1. The van der Waals surface area contributed by atoms with E-state index in [0.29, 0.717) is 24.3 Å². The highest BCUT2D eigenvalue weighted by molar-refractivity contribution is 5.79. The molecule has 0 aliphatic carbocycles. The molecule has 37 heavy (non-hydrogen) atoms. The van der Waals surface area contributed by atoms with Crippen LogP contribution in [0.1, 0.15) is 28.3 Å². The Bertz CT molecular complexity index is 1280. The van der Waals surface area contributed by atoms with Gasteiger partial charge in [0.15, 0.2) is 17.8 Å². The van der Waals surface area contributed by atoms with E-state index in [1.165, 1.54) is 18.5 Å². The smallest absolute Gasteiger partial charge is 0.377 e. The van der Waals surface area contributed by atoms with Crippen molar-refractivity contribution in [1.29, 1.82) is 5.26 Å². The van der Waals surface area contributed by atoms with Gasteiger partial charge in [-0.3, -0.25) is 10.1 Å². The van der Waals surface area contributed by atoms with Gasteiger partial charge in [-0.2, -0.15) is 22.8 Å². The van der Waals surface area contributed by atoms with Gasteiger partial charge in [-0.1, -0.05) is 36.4 Å². The van der Waals surface area contributed by atoms with Crippen LogP contribution in [0, 0.1) is 17.3 Å². The molecule has 1 aliphatic heterocycles. The molecular weight excluding hydrogens is 492 g/mol. The van der Waals surface area contributed by atoms with E-state index < -0.39 is 29.5 Å². The van der Waals surface area contributed by atoms with Crippen LogP contribution in [0.25, 0.3) is 0 Å². The molecule has 1 atom stereocenters. The number of carbonyl (C=O) groups is 1. The number of nitrogens with one attached hydrogen (secondary N) is 2. The molecule has 1 saturated heterocycles. The van der Waals surface area contributed by atoms with Crippen LogP contribution in [-0.2, 0) is 28.7 Å². The van der Waals surface area contributed by atoms with E-state index >= 15 is 4.39 Å². The Morgan fingerprint density at radius 2 is 1.81 bits per heavy atom. The number of ether oxygens (including phenoxy) is 1. The summed E-state index contributed by atoms with van der Waals surface area (Å²) in [5, 5.41) is 13.5. The molecule has 1 fully saturated rings. The Morgan fingerprint density at radius 1 is 1.11 bits per heavy atom. The summed E-state index contributed by atoms with van der Waals surface area (Å²) in [5.41, 5.74) is 1.30. The molecule has 8 nitrogen and oxygen atoms in total. The topological polar surface area (TPSA) is 103 Å². The maximum absolute atomic E-state index is 15.5. The van der Waals surface area contributed by atoms with Gasteiger partial charge < -0.3 is 15.0 Å². The summed E-state index contributed by atoms with van der Waals surface area (Å²) >= 11 is 0. The minimum absolute atomic E-state index is 0.0181. The maximum atomic E-state index is 15.5. The summed E-state index contributed by atoms with van der Waals surface area (Å²) in [5.74, 6) is -1.11. The molecule has 0 saturated carbocycles. The lowest BCUT2D eigenvalue weighted by molar-refractivity contribution is -0.137. The first kappa shape index (κ1) is 25.8. The van der Waals surface area contributed by atoms with Gasteiger partial charge in [0, 0.05) is 13.1 Å². The predicted octanol–water partition coefficient (Wildman–Crippen LogP) is 3.96. The van der Waals surface area contributed by atoms with Gasteiger partial charge in [-0.05, 0) is 28.8 Å². The molecule has 1 aliphatic rings. The first-order valence-corrected chi connectivity index (χ1v) is 11.3. The molecular formula is C25H22F4N6O2.